The molecule has 0 spiro atoms. The molecule has 70 valence electrons. The average Bonchev–Trinajstić information content (AvgIpc) is 2.84. The van der Waals surface area contributed by atoms with Gasteiger partial charge in [0, 0.05) is 18.9 Å². The molecule has 0 aromatic carbocycles. The molecule has 0 amide bonds. The number of aromatic nitrogens is 1. The van der Waals surface area contributed by atoms with Crippen LogP contribution in [0.5, 0.6) is 0 Å². The normalized spacial score (nSPS) is 16.1. The standard InChI is InChI=1S/C9H11BrN2O/c10-7-4-12(3-6-1-2-6)5-8(11)9(7)13/h4-6H,1-3,11H2. The molecule has 0 aliphatic heterocycles. The molecule has 13 heavy (non-hydrogen) atoms. The van der Waals surface area contributed by atoms with E-state index in [1.807, 2.05) is 4.57 Å². The van der Waals surface area contributed by atoms with Crippen molar-refractivity contribution in [2.24, 2.45) is 5.92 Å². The van der Waals surface area contributed by atoms with E-state index in [4.69, 9.17) is 5.73 Å². The number of nitrogens with zero attached hydrogens (tertiary/aromatic N) is 1. The zero-order valence-corrected chi connectivity index (χ0v) is 8.75. The Balaban J connectivity index is 2.31. The number of hydrogen-bond acceptors (Lipinski definition) is 2. The Morgan fingerprint density at radius 1 is 1.54 bits per heavy atom. The minimum Gasteiger partial charge on any atom is -0.394 e. The van der Waals surface area contributed by atoms with Gasteiger partial charge in [-0.2, -0.15) is 0 Å². The highest BCUT2D eigenvalue weighted by atomic mass is 79.9. The molecular weight excluding hydrogens is 232 g/mol. The van der Waals surface area contributed by atoms with E-state index in [1.54, 1.807) is 12.4 Å². The van der Waals surface area contributed by atoms with Crippen molar-refractivity contribution < 1.29 is 0 Å². The van der Waals surface area contributed by atoms with Crippen molar-refractivity contribution in [3.05, 3.63) is 27.1 Å². The SMILES string of the molecule is Nc1cn(CC2CC2)cc(Br)c1=O. The molecule has 1 aromatic heterocycles. The van der Waals surface area contributed by atoms with Crippen LogP contribution in [0, 0.1) is 5.92 Å². The number of nitrogens with two attached hydrogens (primary N) is 1. The molecule has 0 unspecified atom stereocenters. The third kappa shape index (κ3) is 1.94. The van der Waals surface area contributed by atoms with Crippen molar-refractivity contribution in [2.75, 3.05) is 5.73 Å². The van der Waals surface area contributed by atoms with Crippen LogP contribution in [-0.2, 0) is 6.54 Å². The maximum absolute atomic E-state index is 11.2. The Morgan fingerprint density at radius 2 is 2.23 bits per heavy atom. The second kappa shape index (κ2) is 3.18. The first kappa shape index (κ1) is 8.81. The van der Waals surface area contributed by atoms with Gasteiger partial charge in [0.25, 0.3) is 0 Å². The summed E-state index contributed by atoms with van der Waals surface area (Å²) < 4.78 is 2.53. The quantitative estimate of drug-likeness (QED) is 0.857. The van der Waals surface area contributed by atoms with Gasteiger partial charge < -0.3 is 10.3 Å². The molecule has 1 fully saturated rings. The van der Waals surface area contributed by atoms with Gasteiger partial charge in [-0.25, -0.2) is 0 Å². The first-order valence-corrected chi connectivity index (χ1v) is 5.11. The lowest BCUT2D eigenvalue weighted by molar-refractivity contribution is 0.622. The first-order chi connectivity index (χ1) is 6.16. The first-order valence-electron chi connectivity index (χ1n) is 4.32. The van der Waals surface area contributed by atoms with Gasteiger partial charge in [-0.15, -0.1) is 0 Å². The third-order valence-corrected chi connectivity index (χ3v) is 2.79. The molecule has 3 nitrogen and oxygen atoms in total. The van der Waals surface area contributed by atoms with Gasteiger partial charge in [0.15, 0.2) is 0 Å². The third-order valence-electron chi connectivity index (χ3n) is 2.23. The summed E-state index contributed by atoms with van der Waals surface area (Å²) in [6.45, 7) is 0.975. The van der Waals surface area contributed by atoms with Crippen LogP contribution in [0.2, 0.25) is 0 Å². The van der Waals surface area contributed by atoms with Crippen molar-refractivity contribution in [2.45, 2.75) is 19.4 Å². The summed E-state index contributed by atoms with van der Waals surface area (Å²) in [4.78, 5) is 11.2. The molecule has 0 atom stereocenters. The number of halogens is 1. The topological polar surface area (TPSA) is 48.0 Å². The summed E-state index contributed by atoms with van der Waals surface area (Å²) in [5.41, 5.74) is 5.75. The largest absolute Gasteiger partial charge is 0.394 e. The Kier molecular flexibility index (Phi) is 2.15. The molecule has 0 saturated heterocycles. The molecule has 0 bridgehead atoms. The van der Waals surface area contributed by atoms with Gasteiger partial charge in [-0.05, 0) is 34.7 Å². The van der Waals surface area contributed by atoms with Crippen LogP contribution in [0.3, 0.4) is 0 Å². The van der Waals surface area contributed by atoms with Crippen LogP contribution < -0.4 is 11.2 Å². The van der Waals surface area contributed by atoms with Crippen molar-refractivity contribution in [3.63, 3.8) is 0 Å². The molecule has 1 saturated carbocycles. The van der Waals surface area contributed by atoms with Crippen LogP contribution in [0.4, 0.5) is 5.69 Å². The molecule has 1 aliphatic rings. The lowest BCUT2D eigenvalue weighted by atomic mass is 10.3. The van der Waals surface area contributed by atoms with Crippen LogP contribution in [0.15, 0.2) is 21.7 Å². The lowest BCUT2D eigenvalue weighted by Gasteiger charge is -2.06. The molecule has 4 heteroatoms. The maximum Gasteiger partial charge on any atom is 0.218 e. The van der Waals surface area contributed by atoms with E-state index in [0.29, 0.717) is 10.2 Å². The summed E-state index contributed by atoms with van der Waals surface area (Å²) in [5, 5.41) is 0. The summed E-state index contributed by atoms with van der Waals surface area (Å²) in [6.07, 6.45) is 6.11. The number of hydrogen-bond donors (Lipinski definition) is 1. The van der Waals surface area contributed by atoms with Crippen molar-refractivity contribution in [1.29, 1.82) is 0 Å². The van der Waals surface area contributed by atoms with E-state index in [9.17, 15) is 4.79 Å². The average molecular weight is 243 g/mol. The molecule has 1 aliphatic carbocycles. The molecule has 2 N–H and O–H groups in total. The van der Waals surface area contributed by atoms with E-state index in [1.165, 1.54) is 12.8 Å². The molecule has 1 heterocycles. The number of nitrogen functional groups attached to an aromatic ring is 1. The highest BCUT2D eigenvalue weighted by Crippen LogP contribution is 2.30. The van der Waals surface area contributed by atoms with Gasteiger partial charge in [-0.3, -0.25) is 4.79 Å². The molecule has 1 aromatic rings. The molecular formula is C9H11BrN2O. The van der Waals surface area contributed by atoms with E-state index in [-0.39, 0.29) is 5.43 Å². The van der Waals surface area contributed by atoms with Gasteiger partial charge in [0.05, 0.1) is 10.2 Å². The van der Waals surface area contributed by atoms with Gasteiger partial charge >= 0.3 is 0 Å². The fourth-order valence-corrected chi connectivity index (χ4v) is 1.81. The minimum atomic E-state index is -0.118. The van der Waals surface area contributed by atoms with Crippen LogP contribution in [-0.4, -0.2) is 4.57 Å². The molecule has 2 rings (SSSR count). The summed E-state index contributed by atoms with van der Waals surface area (Å²) in [7, 11) is 0. The van der Waals surface area contributed by atoms with Crippen LogP contribution >= 0.6 is 15.9 Å². The zero-order chi connectivity index (χ0) is 9.42. The van der Waals surface area contributed by atoms with Crippen molar-refractivity contribution >= 4 is 21.6 Å². The van der Waals surface area contributed by atoms with Gasteiger partial charge in [0.1, 0.15) is 0 Å². The van der Waals surface area contributed by atoms with E-state index in [2.05, 4.69) is 15.9 Å². The Hall–Kier alpha value is -0.770. The predicted octanol–water partition coefficient (Wildman–Crippen LogP) is 1.60. The second-order valence-electron chi connectivity index (χ2n) is 3.53. The number of anilines is 1. The predicted molar refractivity (Wildman–Crippen MR) is 55.5 cm³/mol. The fraction of sp³-hybridized carbons (Fsp3) is 0.444. The lowest BCUT2D eigenvalue weighted by Crippen LogP contribution is -2.13. The van der Waals surface area contributed by atoms with Crippen LogP contribution in [0.1, 0.15) is 12.8 Å². The van der Waals surface area contributed by atoms with Gasteiger partial charge in [-0.1, -0.05) is 0 Å². The zero-order valence-electron chi connectivity index (χ0n) is 7.16. The van der Waals surface area contributed by atoms with Gasteiger partial charge in [0.2, 0.25) is 5.43 Å². The highest BCUT2D eigenvalue weighted by molar-refractivity contribution is 9.10. The second-order valence-corrected chi connectivity index (χ2v) is 4.39. The number of pyridine rings is 1. The Labute approximate surface area is 84.7 Å². The van der Waals surface area contributed by atoms with Crippen molar-refractivity contribution in [3.8, 4) is 0 Å². The maximum atomic E-state index is 11.2. The summed E-state index contributed by atoms with van der Waals surface area (Å²) in [6, 6.07) is 0. The Bertz CT molecular complexity index is 355. The smallest absolute Gasteiger partial charge is 0.218 e. The monoisotopic (exact) mass is 242 g/mol. The van der Waals surface area contributed by atoms with Crippen LogP contribution in [0.25, 0.3) is 0 Å². The van der Waals surface area contributed by atoms with E-state index >= 15 is 0 Å². The highest BCUT2D eigenvalue weighted by Gasteiger charge is 2.21. The molecule has 0 radical (unpaired) electrons. The Morgan fingerprint density at radius 3 is 2.77 bits per heavy atom. The minimum absolute atomic E-state index is 0.118. The van der Waals surface area contributed by atoms with Crippen molar-refractivity contribution in [1.82, 2.24) is 4.57 Å². The van der Waals surface area contributed by atoms with E-state index in [0.717, 1.165) is 12.5 Å². The fourth-order valence-electron chi connectivity index (χ4n) is 1.32. The summed E-state index contributed by atoms with van der Waals surface area (Å²) >= 11 is 3.19. The van der Waals surface area contributed by atoms with E-state index < -0.39 is 0 Å². The summed E-state index contributed by atoms with van der Waals surface area (Å²) in [5.74, 6) is 0.786. The number of rotatable bonds is 2.